The van der Waals surface area contributed by atoms with Gasteiger partial charge in [-0.05, 0) is 53.9 Å². The Labute approximate surface area is 195 Å². The molecule has 10 heteroatoms. The van der Waals surface area contributed by atoms with Gasteiger partial charge in [0.05, 0.1) is 23.4 Å². The number of halogens is 2. The van der Waals surface area contributed by atoms with Gasteiger partial charge in [-0.15, -0.1) is 0 Å². The molecule has 8 nitrogen and oxygen atoms in total. The maximum Gasteiger partial charge on any atom is 0.343 e. The van der Waals surface area contributed by atoms with Crippen molar-refractivity contribution in [2.45, 2.75) is 19.9 Å². The summed E-state index contributed by atoms with van der Waals surface area (Å²) < 4.78 is 9.76. The van der Waals surface area contributed by atoms with Crippen LogP contribution < -0.4 is 15.5 Å². The fourth-order valence-corrected chi connectivity index (χ4v) is 2.79. The Morgan fingerprint density at radius 3 is 2.34 bits per heavy atom. The summed E-state index contributed by atoms with van der Waals surface area (Å²) in [5.74, 6) is -1.11. The number of nitrogens with one attached hydrogen (secondary N) is 2. The van der Waals surface area contributed by atoms with Gasteiger partial charge >= 0.3 is 5.97 Å². The molecule has 170 valence electrons. The molecule has 0 spiro atoms. The highest BCUT2D eigenvalue weighted by Crippen LogP contribution is 2.22. The van der Waals surface area contributed by atoms with Crippen LogP contribution in [0.25, 0.3) is 0 Å². The summed E-state index contributed by atoms with van der Waals surface area (Å²) in [5, 5.41) is 7.20. The molecule has 2 amide bonds. The van der Waals surface area contributed by atoms with Gasteiger partial charge in [0, 0.05) is 5.56 Å². The first kappa shape index (κ1) is 25.2. The Morgan fingerprint density at radius 2 is 1.75 bits per heavy atom. The molecule has 0 radical (unpaired) electrons. The van der Waals surface area contributed by atoms with Gasteiger partial charge in [-0.3, -0.25) is 9.59 Å². The third-order valence-corrected chi connectivity index (χ3v) is 5.01. The van der Waals surface area contributed by atoms with Crippen molar-refractivity contribution in [1.29, 1.82) is 0 Å². The van der Waals surface area contributed by atoms with Crippen LogP contribution in [0.3, 0.4) is 0 Å². The third kappa shape index (κ3) is 7.55. The van der Waals surface area contributed by atoms with Crippen molar-refractivity contribution in [2.75, 3.05) is 13.7 Å². The van der Waals surface area contributed by atoms with E-state index in [0.717, 1.165) is 0 Å². The number of carbonyl (C=O) groups excluding carboxylic acids is 3. The lowest BCUT2D eigenvalue weighted by atomic mass is 10.0. The zero-order chi connectivity index (χ0) is 23.7. The van der Waals surface area contributed by atoms with E-state index in [9.17, 15) is 14.4 Å². The van der Waals surface area contributed by atoms with Crippen molar-refractivity contribution >= 4 is 47.2 Å². The molecule has 0 aliphatic rings. The molecule has 1 unspecified atom stereocenters. The van der Waals surface area contributed by atoms with Gasteiger partial charge in [-0.1, -0.05) is 37.0 Å². The van der Waals surface area contributed by atoms with Crippen molar-refractivity contribution in [3.05, 3.63) is 63.6 Å². The van der Waals surface area contributed by atoms with E-state index in [1.54, 1.807) is 38.1 Å². The lowest BCUT2D eigenvalue weighted by Crippen LogP contribution is -2.48. The average Bonchev–Trinajstić information content (AvgIpc) is 2.77. The van der Waals surface area contributed by atoms with E-state index >= 15 is 0 Å². The third-order valence-electron chi connectivity index (χ3n) is 4.27. The first-order valence-corrected chi connectivity index (χ1v) is 10.4. The molecule has 0 heterocycles. The van der Waals surface area contributed by atoms with Gasteiger partial charge in [0.2, 0.25) is 0 Å². The highest BCUT2D eigenvalue weighted by molar-refractivity contribution is 6.42. The van der Waals surface area contributed by atoms with E-state index in [0.29, 0.717) is 16.3 Å². The molecular weight excluding hydrogens is 457 g/mol. The predicted octanol–water partition coefficient (Wildman–Crippen LogP) is 3.45. The van der Waals surface area contributed by atoms with E-state index in [1.165, 1.54) is 31.5 Å². The minimum absolute atomic E-state index is 0.190. The zero-order valence-electron chi connectivity index (χ0n) is 17.7. The SMILES string of the molecule is COC(=O)COc1ccc(/C=N/NC(=O)C(NC(=O)c2ccc(Cl)c(Cl)c2)C(C)C)cc1. The molecule has 0 aliphatic heterocycles. The minimum atomic E-state index is -0.816. The number of hydrogen-bond donors (Lipinski definition) is 2. The molecule has 0 saturated heterocycles. The largest absolute Gasteiger partial charge is 0.482 e. The number of esters is 1. The summed E-state index contributed by atoms with van der Waals surface area (Å²) in [7, 11) is 1.28. The second-order valence-electron chi connectivity index (χ2n) is 6.99. The Kier molecular flexibility index (Phi) is 9.49. The highest BCUT2D eigenvalue weighted by Gasteiger charge is 2.24. The van der Waals surface area contributed by atoms with Crippen LogP contribution in [0.4, 0.5) is 0 Å². The van der Waals surface area contributed by atoms with E-state index in [1.807, 2.05) is 0 Å². The minimum Gasteiger partial charge on any atom is -0.482 e. The number of hydrazone groups is 1. The molecule has 0 aromatic heterocycles. The molecule has 2 N–H and O–H groups in total. The maximum absolute atomic E-state index is 12.5. The fourth-order valence-electron chi connectivity index (χ4n) is 2.49. The van der Waals surface area contributed by atoms with Crippen molar-refractivity contribution in [2.24, 2.45) is 11.0 Å². The van der Waals surface area contributed by atoms with Crippen molar-refractivity contribution < 1.29 is 23.9 Å². The van der Waals surface area contributed by atoms with Crippen LogP contribution in [0.5, 0.6) is 5.75 Å². The van der Waals surface area contributed by atoms with Crippen LogP contribution in [-0.2, 0) is 14.3 Å². The Balaban J connectivity index is 1.94. The van der Waals surface area contributed by atoms with Crippen LogP contribution >= 0.6 is 23.2 Å². The summed E-state index contributed by atoms with van der Waals surface area (Å²) in [6, 6.07) is 10.4. The highest BCUT2D eigenvalue weighted by atomic mass is 35.5. The lowest BCUT2D eigenvalue weighted by Gasteiger charge is -2.20. The van der Waals surface area contributed by atoms with Gasteiger partial charge in [-0.2, -0.15) is 5.10 Å². The lowest BCUT2D eigenvalue weighted by molar-refractivity contribution is -0.142. The first-order chi connectivity index (χ1) is 15.2. The number of benzene rings is 2. The number of carbonyl (C=O) groups is 3. The molecule has 0 fully saturated rings. The van der Waals surface area contributed by atoms with Gasteiger partial charge in [0.25, 0.3) is 11.8 Å². The molecule has 0 bridgehead atoms. The van der Waals surface area contributed by atoms with Crippen LogP contribution in [0.15, 0.2) is 47.6 Å². The Hall–Kier alpha value is -3.10. The summed E-state index contributed by atoms with van der Waals surface area (Å²) >= 11 is 11.8. The van der Waals surface area contributed by atoms with Crippen molar-refractivity contribution in [1.82, 2.24) is 10.7 Å². The molecule has 0 aliphatic carbocycles. The quantitative estimate of drug-likeness (QED) is 0.325. The topological polar surface area (TPSA) is 106 Å². The molecule has 2 aromatic rings. The van der Waals surface area contributed by atoms with Crippen LogP contribution in [-0.4, -0.2) is 43.8 Å². The molecule has 0 saturated carbocycles. The van der Waals surface area contributed by atoms with Gasteiger partial charge < -0.3 is 14.8 Å². The Bertz CT molecular complexity index is 994. The predicted molar refractivity (Wildman–Crippen MR) is 122 cm³/mol. The van der Waals surface area contributed by atoms with Crippen LogP contribution in [0, 0.1) is 5.92 Å². The van der Waals surface area contributed by atoms with Crippen molar-refractivity contribution in [3.8, 4) is 5.75 Å². The second-order valence-corrected chi connectivity index (χ2v) is 7.81. The second kappa shape index (κ2) is 12.1. The summed E-state index contributed by atoms with van der Waals surface area (Å²) in [6.07, 6.45) is 1.44. The van der Waals surface area contributed by atoms with Gasteiger partial charge in [0.15, 0.2) is 6.61 Å². The van der Waals surface area contributed by atoms with E-state index in [4.69, 9.17) is 27.9 Å². The molecule has 2 rings (SSSR count). The standard InChI is InChI=1S/C22H23Cl2N3O5/c1-13(2)20(26-21(29)15-6-9-17(23)18(24)10-15)22(30)27-25-11-14-4-7-16(8-5-14)32-12-19(28)31-3/h4-11,13,20H,12H2,1-3H3,(H,26,29)(H,27,30)/b25-11+. The van der Waals surface area contributed by atoms with Crippen LogP contribution in [0.1, 0.15) is 29.8 Å². The number of amides is 2. The van der Waals surface area contributed by atoms with Gasteiger partial charge in [0.1, 0.15) is 11.8 Å². The number of hydrogen-bond acceptors (Lipinski definition) is 6. The molecule has 2 aromatic carbocycles. The van der Waals surface area contributed by atoms with E-state index in [-0.39, 0.29) is 23.1 Å². The maximum atomic E-state index is 12.5. The normalized spacial score (nSPS) is 11.8. The number of nitrogens with zero attached hydrogens (tertiary/aromatic N) is 1. The monoisotopic (exact) mass is 479 g/mol. The number of ether oxygens (including phenoxy) is 2. The molecule has 1 atom stereocenters. The molecule has 32 heavy (non-hydrogen) atoms. The first-order valence-electron chi connectivity index (χ1n) is 9.59. The van der Waals surface area contributed by atoms with Gasteiger partial charge in [-0.25, -0.2) is 10.2 Å². The summed E-state index contributed by atoms with van der Waals surface area (Å²) in [4.78, 5) is 36.1. The zero-order valence-corrected chi connectivity index (χ0v) is 19.2. The van der Waals surface area contributed by atoms with Crippen LogP contribution in [0.2, 0.25) is 10.0 Å². The fraction of sp³-hybridized carbons (Fsp3) is 0.273. The molecular formula is C22H23Cl2N3O5. The van der Waals surface area contributed by atoms with E-state index < -0.39 is 23.8 Å². The average molecular weight is 480 g/mol. The summed E-state index contributed by atoms with van der Waals surface area (Å²) in [6.45, 7) is 3.41. The Morgan fingerprint density at radius 1 is 1.06 bits per heavy atom. The van der Waals surface area contributed by atoms with E-state index in [2.05, 4.69) is 20.6 Å². The number of rotatable bonds is 9. The smallest absolute Gasteiger partial charge is 0.343 e. The summed E-state index contributed by atoms with van der Waals surface area (Å²) in [5.41, 5.74) is 3.41. The number of methoxy groups -OCH3 is 1. The van der Waals surface area contributed by atoms with Crippen molar-refractivity contribution in [3.63, 3.8) is 0 Å².